The Balaban J connectivity index is 1.21. The Morgan fingerprint density at radius 2 is 1.45 bits per heavy atom. The SMILES string of the molecule is O=C(Cc1cccs1)NC1C(=O)N2C(C(=O)OC(c3ccccc3)c3ccccc3)=C(COc3cc(Cl)ccc3Oc3ccc(Cl)cc3Cl)C(=O)S[C@@H]12. The fraction of sp³-hybridized carbons (Fsp3) is 0.128. The van der Waals surface area contributed by atoms with Gasteiger partial charge >= 0.3 is 5.97 Å². The van der Waals surface area contributed by atoms with Crippen LogP contribution in [0.1, 0.15) is 22.1 Å². The molecule has 9 nitrogen and oxygen atoms in total. The van der Waals surface area contributed by atoms with E-state index in [4.69, 9.17) is 49.0 Å². The normalized spacial score (nSPS) is 16.6. The average Bonchev–Trinajstić information content (AvgIpc) is 3.67. The smallest absolute Gasteiger partial charge is 0.356 e. The van der Waals surface area contributed by atoms with Crippen molar-refractivity contribution in [3.8, 4) is 17.2 Å². The fourth-order valence-electron chi connectivity index (χ4n) is 5.78. The predicted molar refractivity (Wildman–Crippen MR) is 205 cm³/mol. The third-order valence-electron chi connectivity index (χ3n) is 8.29. The number of rotatable bonds is 12. The van der Waals surface area contributed by atoms with E-state index in [1.165, 1.54) is 28.4 Å². The summed E-state index contributed by atoms with van der Waals surface area (Å²) in [5.74, 6) is -1.26. The van der Waals surface area contributed by atoms with Gasteiger partial charge in [-0.25, -0.2) is 4.79 Å². The maximum atomic E-state index is 14.4. The highest BCUT2D eigenvalue weighted by molar-refractivity contribution is 8.14. The molecule has 0 bridgehead atoms. The number of carbonyl (C=O) groups is 4. The van der Waals surface area contributed by atoms with Crippen molar-refractivity contribution in [3.63, 3.8) is 0 Å². The molecular weight excluding hydrogens is 779 g/mol. The van der Waals surface area contributed by atoms with Crippen LogP contribution in [0.4, 0.5) is 0 Å². The Morgan fingerprint density at radius 1 is 0.792 bits per heavy atom. The second-order valence-electron chi connectivity index (χ2n) is 11.8. The standard InChI is InChI=1S/C39H27Cl3N2O7S2/c40-24-13-15-29(28(42)18-24)50-30-16-14-25(41)19-31(30)49-21-27-34(38(47)51-35(22-8-3-1-4-9-22)23-10-5-2-6-11-23)44-36(46)33(37(44)53-39(27)48)43-32(45)20-26-12-7-17-52-26/h1-19,33,35,37H,20-21H2,(H,43,45)/t33?,37-/m0/s1. The topological polar surface area (TPSA) is 111 Å². The largest absolute Gasteiger partial charge is 0.485 e. The van der Waals surface area contributed by atoms with Gasteiger partial charge in [-0.2, -0.15) is 0 Å². The van der Waals surface area contributed by atoms with Gasteiger partial charge in [-0.05, 0) is 52.9 Å². The number of nitrogens with zero attached hydrogens (tertiary/aromatic N) is 1. The molecule has 7 rings (SSSR count). The second-order valence-corrected chi connectivity index (χ2v) is 15.2. The fourth-order valence-corrected chi connectivity index (χ4v) is 8.24. The third-order valence-corrected chi connectivity index (χ3v) is 11.1. The quantitative estimate of drug-likeness (QED) is 0.0986. The first-order chi connectivity index (χ1) is 25.7. The summed E-state index contributed by atoms with van der Waals surface area (Å²) in [4.78, 5) is 57.0. The maximum Gasteiger partial charge on any atom is 0.356 e. The van der Waals surface area contributed by atoms with Crippen LogP contribution in [0.2, 0.25) is 15.1 Å². The summed E-state index contributed by atoms with van der Waals surface area (Å²) >= 11 is 20.9. The Morgan fingerprint density at radius 3 is 2.09 bits per heavy atom. The van der Waals surface area contributed by atoms with E-state index in [0.29, 0.717) is 21.2 Å². The lowest BCUT2D eigenvalue weighted by molar-refractivity contribution is -0.155. The summed E-state index contributed by atoms with van der Waals surface area (Å²) in [6.07, 6.45) is -0.810. The highest BCUT2D eigenvalue weighted by Gasteiger charge is 2.57. The van der Waals surface area contributed by atoms with Crippen LogP contribution in [0.5, 0.6) is 17.2 Å². The maximum absolute atomic E-state index is 14.4. The molecule has 0 aliphatic carbocycles. The zero-order valence-electron chi connectivity index (χ0n) is 27.4. The summed E-state index contributed by atoms with van der Waals surface area (Å²) in [5.41, 5.74) is 0.945. The number of fused-ring (bicyclic) bond motifs is 1. The van der Waals surface area contributed by atoms with Gasteiger partial charge in [0.2, 0.25) is 11.0 Å². The highest BCUT2D eigenvalue weighted by atomic mass is 35.5. The van der Waals surface area contributed by atoms with Gasteiger partial charge < -0.3 is 19.5 Å². The van der Waals surface area contributed by atoms with E-state index in [-0.39, 0.29) is 45.9 Å². The Kier molecular flexibility index (Phi) is 11.1. The van der Waals surface area contributed by atoms with Crippen molar-refractivity contribution in [2.45, 2.75) is 23.9 Å². The molecule has 2 aliphatic rings. The van der Waals surface area contributed by atoms with Crippen molar-refractivity contribution >= 4 is 80.8 Å². The van der Waals surface area contributed by atoms with Gasteiger partial charge in [0.05, 0.1) is 17.0 Å². The average molecular weight is 806 g/mol. The van der Waals surface area contributed by atoms with Gasteiger partial charge in [0.15, 0.2) is 17.6 Å². The zero-order chi connectivity index (χ0) is 37.1. The molecule has 3 heterocycles. The van der Waals surface area contributed by atoms with Crippen LogP contribution < -0.4 is 14.8 Å². The monoisotopic (exact) mass is 804 g/mol. The number of ether oxygens (including phenoxy) is 3. The van der Waals surface area contributed by atoms with Gasteiger partial charge in [-0.3, -0.25) is 19.3 Å². The third kappa shape index (κ3) is 8.09. The molecule has 1 aromatic heterocycles. The van der Waals surface area contributed by atoms with E-state index in [1.807, 2.05) is 78.2 Å². The summed E-state index contributed by atoms with van der Waals surface area (Å²) in [6, 6.07) is 30.2. The minimum Gasteiger partial charge on any atom is -0.485 e. The molecule has 5 aromatic rings. The lowest BCUT2D eigenvalue weighted by Crippen LogP contribution is -2.71. The molecule has 2 atom stereocenters. The molecule has 2 amide bonds. The Hall–Kier alpha value is -4.78. The van der Waals surface area contributed by atoms with Gasteiger partial charge in [-0.1, -0.05) is 113 Å². The van der Waals surface area contributed by atoms with Crippen molar-refractivity contribution in [2.24, 2.45) is 0 Å². The van der Waals surface area contributed by atoms with Crippen LogP contribution in [-0.2, 0) is 30.3 Å². The molecule has 1 unspecified atom stereocenters. The zero-order valence-corrected chi connectivity index (χ0v) is 31.3. The van der Waals surface area contributed by atoms with Crippen molar-refractivity contribution in [1.82, 2.24) is 10.2 Å². The van der Waals surface area contributed by atoms with Gasteiger partial charge in [0.25, 0.3) is 5.91 Å². The molecule has 1 fully saturated rings. The molecular formula is C39H27Cl3N2O7S2. The molecule has 2 aliphatic heterocycles. The van der Waals surface area contributed by atoms with Crippen LogP contribution >= 0.6 is 57.9 Å². The van der Waals surface area contributed by atoms with Crippen molar-refractivity contribution in [2.75, 3.05) is 6.61 Å². The number of esters is 1. The summed E-state index contributed by atoms with van der Waals surface area (Å²) in [7, 11) is 0. The van der Waals surface area contributed by atoms with E-state index >= 15 is 0 Å². The second kappa shape index (κ2) is 16.1. The first-order valence-corrected chi connectivity index (χ1v) is 19.0. The number of benzene rings is 4. The van der Waals surface area contributed by atoms with Crippen LogP contribution in [0.15, 0.2) is 126 Å². The van der Waals surface area contributed by atoms with Crippen molar-refractivity contribution in [3.05, 3.63) is 157 Å². The highest BCUT2D eigenvalue weighted by Crippen LogP contribution is 2.44. The Labute approximate surface area is 327 Å². The van der Waals surface area contributed by atoms with Crippen molar-refractivity contribution in [1.29, 1.82) is 0 Å². The van der Waals surface area contributed by atoms with E-state index < -0.39 is 41.1 Å². The molecule has 1 saturated heterocycles. The van der Waals surface area contributed by atoms with Crippen LogP contribution in [0.3, 0.4) is 0 Å². The molecule has 0 spiro atoms. The lowest BCUT2D eigenvalue weighted by Gasteiger charge is -2.49. The number of β-lactam (4-membered cyclic amide) rings is 1. The predicted octanol–water partition coefficient (Wildman–Crippen LogP) is 8.64. The number of hydrogen-bond acceptors (Lipinski definition) is 9. The van der Waals surface area contributed by atoms with Crippen molar-refractivity contribution < 1.29 is 33.4 Å². The minimum atomic E-state index is -1.04. The van der Waals surface area contributed by atoms with E-state index in [9.17, 15) is 19.2 Å². The summed E-state index contributed by atoms with van der Waals surface area (Å²) in [6.45, 7) is -0.464. The summed E-state index contributed by atoms with van der Waals surface area (Å²) in [5, 5.41) is 4.13. The number of nitrogens with one attached hydrogen (secondary N) is 1. The van der Waals surface area contributed by atoms with Crippen LogP contribution in [0, 0.1) is 0 Å². The molecule has 268 valence electrons. The van der Waals surface area contributed by atoms with Gasteiger partial charge in [-0.15, -0.1) is 11.3 Å². The van der Waals surface area contributed by atoms with E-state index in [0.717, 1.165) is 16.6 Å². The Bertz CT molecular complexity index is 2180. The number of thioether (sulfide) groups is 1. The number of carbonyl (C=O) groups excluding carboxylic acids is 4. The minimum absolute atomic E-state index is 0.0672. The summed E-state index contributed by atoms with van der Waals surface area (Å²) < 4.78 is 18.3. The number of thiophene rings is 1. The molecule has 4 aromatic carbocycles. The van der Waals surface area contributed by atoms with Gasteiger partial charge in [0.1, 0.15) is 29.5 Å². The van der Waals surface area contributed by atoms with E-state index in [1.54, 1.807) is 24.3 Å². The first kappa shape index (κ1) is 36.6. The number of hydrogen-bond donors (Lipinski definition) is 1. The number of halogens is 3. The molecule has 0 radical (unpaired) electrons. The van der Waals surface area contributed by atoms with Crippen LogP contribution in [0.25, 0.3) is 0 Å². The lowest BCUT2D eigenvalue weighted by atomic mass is 10.0. The first-order valence-electron chi connectivity index (χ1n) is 16.1. The van der Waals surface area contributed by atoms with Crippen LogP contribution in [-0.4, -0.2) is 45.8 Å². The molecule has 14 heteroatoms. The molecule has 1 N–H and O–H groups in total. The van der Waals surface area contributed by atoms with Gasteiger partial charge in [0, 0.05) is 21.0 Å². The molecule has 53 heavy (non-hydrogen) atoms. The number of amides is 2. The van der Waals surface area contributed by atoms with E-state index in [2.05, 4.69) is 5.32 Å². The molecule has 0 saturated carbocycles.